The van der Waals surface area contributed by atoms with Gasteiger partial charge in [-0.05, 0) is 26.0 Å². The molecular weight excluding hydrogens is 387 g/mol. The number of hydrogen-bond donors (Lipinski definition) is 1. The van der Waals surface area contributed by atoms with Gasteiger partial charge in [0.1, 0.15) is 43.9 Å². The van der Waals surface area contributed by atoms with Crippen LogP contribution in [0.15, 0.2) is 33.2 Å². The number of alkyl halides is 3. The Morgan fingerprint density at radius 3 is 2.48 bits per heavy atom. The van der Waals surface area contributed by atoms with Gasteiger partial charge in [-0.1, -0.05) is 0 Å². The topological polar surface area (TPSA) is 73.9 Å². The first-order valence-electron chi connectivity index (χ1n) is 9.37. The van der Waals surface area contributed by atoms with Gasteiger partial charge in [-0.2, -0.15) is 13.2 Å². The van der Waals surface area contributed by atoms with Crippen molar-refractivity contribution in [2.45, 2.75) is 26.6 Å². The minimum Gasteiger partial charge on any atom is -0.466 e. The SMILES string of the molecule is Cc1cc(-c2nnc(C[NH+]3CCN(c4ccc(C(F)(F)F)c[nH+]4)CC3)o2)c(C)o1. The Morgan fingerprint density at radius 1 is 1.14 bits per heavy atom. The van der Waals surface area contributed by atoms with Crippen LogP contribution in [0.5, 0.6) is 0 Å². The van der Waals surface area contributed by atoms with Crippen molar-refractivity contribution in [3.63, 3.8) is 0 Å². The van der Waals surface area contributed by atoms with Crippen LogP contribution in [-0.2, 0) is 12.7 Å². The van der Waals surface area contributed by atoms with Crippen molar-refractivity contribution in [2.24, 2.45) is 0 Å². The van der Waals surface area contributed by atoms with Crippen LogP contribution in [0.3, 0.4) is 0 Å². The fourth-order valence-corrected chi connectivity index (χ4v) is 3.52. The number of furan rings is 1. The van der Waals surface area contributed by atoms with E-state index < -0.39 is 11.7 Å². The zero-order valence-electron chi connectivity index (χ0n) is 16.1. The van der Waals surface area contributed by atoms with Gasteiger partial charge in [0, 0.05) is 6.07 Å². The Balaban J connectivity index is 1.34. The quantitative estimate of drug-likeness (QED) is 0.710. The van der Waals surface area contributed by atoms with Crippen molar-refractivity contribution < 1.29 is 31.9 Å². The van der Waals surface area contributed by atoms with Crippen molar-refractivity contribution >= 4 is 5.82 Å². The average Bonchev–Trinajstić information content (AvgIpc) is 3.27. The summed E-state index contributed by atoms with van der Waals surface area (Å²) >= 11 is 0. The molecule has 3 aromatic rings. The van der Waals surface area contributed by atoms with Gasteiger partial charge in [0.05, 0.1) is 11.1 Å². The van der Waals surface area contributed by atoms with Gasteiger partial charge >= 0.3 is 6.18 Å². The second kappa shape index (κ2) is 7.51. The lowest BCUT2D eigenvalue weighted by Crippen LogP contribution is -3.13. The Kier molecular flexibility index (Phi) is 5.03. The van der Waals surface area contributed by atoms with Crippen LogP contribution in [0, 0.1) is 13.8 Å². The highest BCUT2D eigenvalue weighted by molar-refractivity contribution is 5.55. The van der Waals surface area contributed by atoms with Crippen molar-refractivity contribution in [3.8, 4) is 11.5 Å². The number of anilines is 1. The molecule has 4 rings (SSSR count). The molecule has 29 heavy (non-hydrogen) atoms. The lowest BCUT2D eigenvalue weighted by atomic mass is 10.2. The molecule has 1 fully saturated rings. The number of quaternary nitrogens is 1. The van der Waals surface area contributed by atoms with Crippen LogP contribution in [0.25, 0.3) is 11.5 Å². The van der Waals surface area contributed by atoms with E-state index in [1.807, 2.05) is 24.8 Å². The number of nitrogens with zero attached hydrogens (tertiary/aromatic N) is 3. The second-order valence-corrected chi connectivity index (χ2v) is 7.20. The maximum absolute atomic E-state index is 12.7. The Labute approximate surface area is 165 Å². The number of nitrogens with one attached hydrogen (secondary N) is 2. The molecule has 0 bridgehead atoms. The third-order valence-corrected chi connectivity index (χ3v) is 5.07. The molecule has 0 unspecified atom stereocenters. The van der Waals surface area contributed by atoms with Crippen LogP contribution in [-0.4, -0.2) is 36.4 Å². The summed E-state index contributed by atoms with van der Waals surface area (Å²) < 4.78 is 49.4. The van der Waals surface area contributed by atoms with E-state index in [-0.39, 0.29) is 0 Å². The molecular formula is C19H22F3N5O2+2. The predicted octanol–water partition coefficient (Wildman–Crippen LogP) is 1.68. The molecule has 0 aliphatic carbocycles. The molecule has 2 N–H and O–H groups in total. The van der Waals surface area contributed by atoms with Gasteiger partial charge in [-0.3, -0.25) is 4.90 Å². The van der Waals surface area contributed by atoms with Crippen molar-refractivity contribution in [1.82, 2.24) is 10.2 Å². The number of hydrogen-bond acceptors (Lipinski definition) is 5. The number of pyridine rings is 1. The van der Waals surface area contributed by atoms with Crippen LogP contribution >= 0.6 is 0 Å². The van der Waals surface area contributed by atoms with Gasteiger partial charge in [0.25, 0.3) is 17.6 Å². The first-order chi connectivity index (χ1) is 13.8. The number of aryl methyl sites for hydroxylation is 2. The first-order valence-corrected chi connectivity index (χ1v) is 9.37. The molecule has 154 valence electrons. The summed E-state index contributed by atoms with van der Waals surface area (Å²) in [5, 5.41) is 8.26. The molecule has 4 heterocycles. The van der Waals surface area contributed by atoms with Crippen LogP contribution in [0.2, 0.25) is 0 Å². The number of halogens is 3. The van der Waals surface area contributed by atoms with E-state index in [1.165, 1.54) is 11.0 Å². The van der Waals surface area contributed by atoms with E-state index in [0.29, 0.717) is 24.1 Å². The highest BCUT2D eigenvalue weighted by atomic mass is 19.4. The number of piperazine rings is 1. The Morgan fingerprint density at radius 2 is 1.90 bits per heavy atom. The number of aromatic nitrogens is 3. The van der Waals surface area contributed by atoms with E-state index in [2.05, 4.69) is 15.2 Å². The van der Waals surface area contributed by atoms with E-state index in [0.717, 1.165) is 55.5 Å². The van der Waals surface area contributed by atoms with Gasteiger partial charge in [-0.15, -0.1) is 10.2 Å². The molecule has 3 aromatic heterocycles. The summed E-state index contributed by atoms with van der Waals surface area (Å²) in [6.07, 6.45) is -3.33. The van der Waals surface area contributed by atoms with E-state index in [9.17, 15) is 13.2 Å². The first kappa shape index (κ1) is 19.4. The van der Waals surface area contributed by atoms with E-state index in [4.69, 9.17) is 8.83 Å². The monoisotopic (exact) mass is 409 g/mol. The largest absolute Gasteiger partial charge is 0.466 e. The Bertz CT molecular complexity index is 973. The summed E-state index contributed by atoms with van der Waals surface area (Å²) in [7, 11) is 0. The van der Waals surface area contributed by atoms with Crippen molar-refractivity contribution in [2.75, 3.05) is 31.1 Å². The summed E-state index contributed by atoms with van der Waals surface area (Å²) in [6.45, 7) is 7.40. The molecule has 0 spiro atoms. The summed E-state index contributed by atoms with van der Waals surface area (Å²) in [6, 6.07) is 4.46. The summed E-state index contributed by atoms with van der Waals surface area (Å²) in [5.41, 5.74) is 0.125. The molecule has 0 aromatic carbocycles. The van der Waals surface area contributed by atoms with E-state index >= 15 is 0 Å². The number of rotatable bonds is 4. The third-order valence-electron chi connectivity index (χ3n) is 5.07. The molecule has 1 saturated heterocycles. The summed E-state index contributed by atoms with van der Waals surface area (Å²) in [4.78, 5) is 6.08. The third kappa shape index (κ3) is 4.26. The normalized spacial score (nSPS) is 15.8. The van der Waals surface area contributed by atoms with Gasteiger partial charge in [0.2, 0.25) is 0 Å². The van der Waals surface area contributed by atoms with Gasteiger partial charge < -0.3 is 13.7 Å². The van der Waals surface area contributed by atoms with Gasteiger partial charge in [0.15, 0.2) is 6.54 Å². The van der Waals surface area contributed by atoms with Gasteiger partial charge in [-0.25, -0.2) is 4.98 Å². The molecule has 0 amide bonds. The van der Waals surface area contributed by atoms with Crippen molar-refractivity contribution in [3.05, 3.63) is 47.4 Å². The minimum atomic E-state index is -4.34. The highest BCUT2D eigenvalue weighted by Gasteiger charge is 2.33. The standard InChI is InChI=1S/C19H20F3N5O2/c1-12-9-15(13(2)28-12)18-25-24-17(29-18)11-26-5-7-27(8-6-26)16-4-3-14(10-23-16)19(20,21)22/h3-4,9-10H,5-8,11H2,1-2H3/p+2. The maximum Gasteiger partial charge on any atom is 0.419 e. The molecule has 1 aliphatic heterocycles. The maximum atomic E-state index is 12.7. The molecule has 7 nitrogen and oxygen atoms in total. The average molecular weight is 409 g/mol. The summed E-state index contributed by atoms with van der Waals surface area (Å²) in [5.74, 6) is 3.22. The molecule has 0 atom stereocenters. The lowest BCUT2D eigenvalue weighted by molar-refractivity contribution is -0.915. The molecule has 0 radical (unpaired) electrons. The second-order valence-electron chi connectivity index (χ2n) is 7.20. The number of aromatic amines is 1. The highest BCUT2D eigenvalue weighted by Crippen LogP contribution is 2.28. The predicted molar refractivity (Wildman–Crippen MR) is 96.1 cm³/mol. The molecule has 10 heteroatoms. The zero-order chi connectivity index (χ0) is 20.6. The smallest absolute Gasteiger partial charge is 0.419 e. The zero-order valence-corrected chi connectivity index (χ0v) is 16.1. The number of H-pyrrole nitrogens is 1. The van der Waals surface area contributed by atoms with E-state index in [1.54, 1.807) is 0 Å². The lowest BCUT2D eigenvalue weighted by Gasteiger charge is -2.27. The molecule has 1 aliphatic rings. The Hall–Kier alpha value is -2.88. The molecule has 0 saturated carbocycles. The van der Waals surface area contributed by atoms with Crippen LogP contribution in [0.4, 0.5) is 19.0 Å². The minimum absolute atomic E-state index is 0.451. The van der Waals surface area contributed by atoms with Crippen molar-refractivity contribution in [1.29, 1.82) is 0 Å². The van der Waals surface area contributed by atoms with Crippen LogP contribution in [0.1, 0.15) is 23.0 Å². The fourth-order valence-electron chi connectivity index (χ4n) is 3.52. The fraction of sp³-hybridized carbons (Fsp3) is 0.421. The van der Waals surface area contributed by atoms with Crippen LogP contribution < -0.4 is 14.8 Å².